The molecule has 1 aromatic rings. The van der Waals surface area contributed by atoms with E-state index in [1.807, 2.05) is 0 Å². The lowest BCUT2D eigenvalue weighted by molar-refractivity contribution is 0.0662. The molecule has 1 amide bonds. The number of likely N-dealkylation sites (tertiary alicyclic amines) is 1. The second-order valence-electron chi connectivity index (χ2n) is 5.57. The van der Waals surface area contributed by atoms with E-state index in [-0.39, 0.29) is 11.6 Å². The van der Waals surface area contributed by atoms with Gasteiger partial charge in [0, 0.05) is 19.6 Å². The molecule has 116 valence electrons. The Hall–Kier alpha value is -1.49. The van der Waals surface area contributed by atoms with Gasteiger partial charge in [0.05, 0.1) is 0 Å². The van der Waals surface area contributed by atoms with Gasteiger partial charge < -0.3 is 9.80 Å². The van der Waals surface area contributed by atoms with Gasteiger partial charge in [-0.25, -0.2) is 4.98 Å². The predicted octanol–water partition coefficient (Wildman–Crippen LogP) is 2.41. The Morgan fingerprint density at radius 2 is 2.00 bits per heavy atom. The van der Waals surface area contributed by atoms with Crippen LogP contribution in [-0.4, -0.2) is 53.4 Å². The number of carbonyl (C=O) groups is 1. The highest BCUT2D eigenvalue weighted by atomic mass is 19.1. The van der Waals surface area contributed by atoms with E-state index in [0.717, 1.165) is 45.6 Å². The molecule has 4 nitrogen and oxygen atoms in total. The molecule has 1 fully saturated rings. The fraction of sp³-hybridized carbons (Fsp3) is 0.625. The number of amides is 1. The van der Waals surface area contributed by atoms with Crippen LogP contribution < -0.4 is 0 Å². The van der Waals surface area contributed by atoms with Crippen molar-refractivity contribution >= 4 is 5.91 Å². The van der Waals surface area contributed by atoms with Crippen LogP contribution >= 0.6 is 0 Å². The standard InChI is InChI=1S/C16H24FN3O/c1-3-19(4-2)12-13-8-10-20(11-9-13)16(21)14-6-5-7-15(17)18-14/h5-7,13H,3-4,8-12H2,1-2H3. The monoisotopic (exact) mass is 293 g/mol. The van der Waals surface area contributed by atoms with E-state index in [4.69, 9.17) is 0 Å². The van der Waals surface area contributed by atoms with Crippen molar-refractivity contribution in [2.75, 3.05) is 32.7 Å². The van der Waals surface area contributed by atoms with Gasteiger partial charge in [-0.05, 0) is 44.0 Å². The summed E-state index contributed by atoms with van der Waals surface area (Å²) < 4.78 is 13.1. The first-order valence-electron chi connectivity index (χ1n) is 7.78. The molecule has 0 spiro atoms. The quantitative estimate of drug-likeness (QED) is 0.782. The zero-order chi connectivity index (χ0) is 15.2. The molecule has 1 saturated heterocycles. The van der Waals surface area contributed by atoms with Gasteiger partial charge in [0.1, 0.15) is 5.69 Å². The van der Waals surface area contributed by atoms with E-state index in [2.05, 4.69) is 23.7 Å². The molecule has 0 unspecified atom stereocenters. The van der Waals surface area contributed by atoms with Gasteiger partial charge in [0.25, 0.3) is 5.91 Å². The summed E-state index contributed by atoms with van der Waals surface area (Å²) >= 11 is 0. The average Bonchev–Trinajstić information content (AvgIpc) is 2.52. The topological polar surface area (TPSA) is 36.4 Å². The Bertz CT molecular complexity index is 468. The van der Waals surface area contributed by atoms with Crippen molar-refractivity contribution in [1.29, 1.82) is 0 Å². The molecule has 2 heterocycles. The van der Waals surface area contributed by atoms with Gasteiger partial charge in [-0.2, -0.15) is 4.39 Å². The van der Waals surface area contributed by atoms with Crippen LogP contribution in [0, 0.1) is 11.9 Å². The summed E-state index contributed by atoms with van der Waals surface area (Å²) in [5.74, 6) is -0.109. The van der Waals surface area contributed by atoms with Crippen LogP contribution in [0.25, 0.3) is 0 Å². The number of hydrogen-bond donors (Lipinski definition) is 0. The predicted molar refractivity (Wildman–Crippen MR) is 80.6 cm³/mol. The molecule has 1 aromatic heterocycles. The highest BCUT2D eigenvalue weighted by Crippen LogP contribution is 2.19. The molecule has 0 atom stereocenters. The van der Waals surface area contributed by atoms with Crippen LogP contribution in [0.1, 0.15) is 37.2 Å². The van der Waals surface area contributed by atoms with Crippen molar-refractivity contribution in [1.82, 2.24) is 14.8 Å². The van der Waals surface area contributed by atoms with Gasteiger partial charge in [-0.1, -0.05) is 19.9 Å². The Labute approximate surface area is 126 Å². The summed E-state index contributed by atoms with van der Waals surface area (Å²) in [5.41, 5.74) is 0.206. The largest absolute Gasteiger partial charge is 0.337 e. The number of aromatic nitrogens is 1. The van der Waals surface area contributed by atoms with Crippen molar-refractivity contribution in [2.24, 2.45) is 5.92 Å². The highest BCUT2D eigenvalue weighted by molar-refractivity contribution is 5.92. The number of carbonyl (C=O) groups excluding carboxylic acids is 1. The minimum absolute atomic E-state index is 0.157. The lowest BCUT2D eigenvalue weighted by atomic mass is 9.96. The minimum atomic E-state index is -0.600. The van der Waals surface area contributed by atoms with Crippen molar-refractivity contribution in [3.8, 4) is 0 Å². The molecular weight excluding hydrogens is 269 g/mol. The molecule has 1 aliphatic heterocycles. The third kappa shape index (κ3) is 4.24. The van der Waals surface area contributed by atoms with E-state index in [9.17, 15) is 9.18 Å². The maximum absolute atomic E-state index is 13.1. The zero-order valence-corrected chi connectivity index (χ0v) is 12.9. The third-order valence-corrected chi connectivity index (χ3v) is 4.25. The fourth-order valence-corrected chi connectivity index (χ4v) is 2.85. The van der Waals surface area contributed by atoms with Gasteiger partial charge in [-0.3, -0.25) is 4.79 Å². The SMILES string of the molecule is CCN(CC)CC1CCN(C(=O)c2cccc(F)n2)CC1. The zero-order valence-electron chi connectivity index (χ0n) is 12.9. The molecule has 0 radical (unpaired) electrons. The Kier molecular flexibility index (Phi) is 5.67. The first-order valence-corrected chi connectivity index (χ1v) is 7.78. The van der Waals surface area contributed by atoms with Gasteiger partial charge in [0.15, 0.2) is 0 Å². The number of nitrogens with zero attached hydrogens (tertiary/aromatic N) is 3. The molecule has 0 bridgehead atoms. The van der Waals surface area contributed by atoms with Gasteiger partial charge in [0.2, 0.25) is 5.95 Å². The number of piperidine rings is 1. The lowest BCUT2D eigenvalue weighted by Gasteiger charge is -2.34. The Morgan fingerprint density at radius 1 is 1.33 bits per heavy atom. The average molecular weight is 293 g/mol. The maximum Gasteiger partial charge on any atom is 0.272 e. The fourth-order valence-electron chi connectivity index (χ4n) is 2.85. The summed E-state index contributed by atoms with van der Waals surface area (Å²) in [6, 6.07) is 4.36. The molecule has 0 saturated carbocycles. The Morgan fingerprint density at radius 3 is 2.57 bits per heavy atom. The van der Waals surface area contributed by atoms with E-state index < -0.39 is 5.95 Å². The third-order valence-electron chi connectivity index (χ3n) is 4.25. The normalized spacial score (nSPS) is 16.5. The second-order valence-corrected chi connectivity index (χ2v) is 5.57. The summed E-state index contributed by atoms with van der Waals surface area (Å²) in [6.45, 7) is 9.08. The van der Waals surface area contributed by atoms with Crippen LogP contribution in [-0.2, 0) is 0 Å². The minimum Gasteiger partial charge on any atom is -0.337 e. The summed E-state index contributed by atoms with van der Waals surface area (Å²) in [6.07, 6.45) is 2.02. The van der Waals surface area contributed by atoms with Crippen molar-refractivity contribution in [3.63, 3.8) is 0 Å². The molecule has 2 rings (SSSR count). The maximum atomic E-state index is 13.1. The van der Waals surface area contributed by atoms with Crippen LogP contribution in [0.5, 0.6) is 0 Å². The van der Waals surface area contributed by atoms with Crippen molar-refractivity contribution in [3.05, 3.63) is 29.8 Å². The van der Waals surface area contributed by atoms with Crippen LogP contribution in [0.15, 0.2) is 18.2 Å². The molecule has 0 aliphatic carbocycles. The van der Waals surface area contributed by atoms with E-state index in [1.165, 1.54) is 12.1 Å². The first kappa shape index (κ1) is 15.9. The number of halogens is 1. The van der Waals surface area contributed by atoms with Crippen LogP contribution in [0.2, 0.25) is 0 Å². The summed E-state index contributed by atoms with van der Waals surface area (Å²) in [4.78, 5) is 20.2. The molecule has 0 aromatic carbocycles. The lowest BCUT2D eigenvalue weighted by Crippen LogP contribution is -2.41. The number of pyridine rings is 1. The Balaban J connectivity index is 1.87. The molecule has 5 heteroatoms. The second kappa shape index (κ2) is 7.50. The number of hydrogen-bond acceptors (Lipinski definition) is 3. The van der Waals surface area contributed by atoms with Crippen LogP contribution in [0.3, 0.4) is 0 Å². The molecule has 0 N–H and O–H groups in total. The molecule has 21 heavy (non-hydrogen) atoms. The van der Waals surface area contributed by atoms with Gasteiger partial charge >= 0.3 is 0 Å². The molecule has 1 aliphatic rings. The highest BCUT2D eigenvalue weighted by Gasteiger charge is 2.25. The van der Waals surface area contributed by atoms with Crippen LogP contribution in [0.4, 0.5) is 4.39 Å². The van der Waals surface area contributed by atoms with Crippen molar-refractivity contribution in [2.45, 2.75) is 26.7 Å². The van der Waals surface area contributed by atoms with Gasteiger partial charge in [-0.15, -0.1) is 0 Å². The van der Waals surface area contributed by atoms with E-state index in [1.54, 1.807) is 11.0 Å². The summed E-state index contributed by atoms with van der Waals surface area (Å²) in [5, 5.41) is 0. The van der Waals surface area contributed by atoms with Crippen molar-refractivity contribution < 1.29 is 9.18 Å². The van der Waals surface area contributed by atoms with E-state index in [0.29, 0.717) is 5.92 Å². The summed E-state index contributed by atoms with van der Waals surface area (Å²) in [7, 11) is 0. The smallest absolute Gasteiger partial charge is 0.272 e. The van der Waals surface area contributed by atoms with E-state index >= 15 is 0 Å². The first-order chi connectivity index (χ1) is 10.1. The molecular formula is C16H24FN3O. The number of rotatable bonds is 5.